The van der Waals surface area contributed by atoms with E-state index in [2.05, 4.69) is 25.7 Å². The number of nitrogens with one attached hydrogen (secondary N) is 2. The standard InChI is InChI=1S/C15H20N6O/c22-15(17-8-11-20-9-6-16-7-10-20)14-12-18-21(19-14)13-4-2-1-3-5-13/h1-5,12,16H,6-11H2,(H,17,22). The minimum absolute atomic E-state index is 0.183. The van der Waals surface area contributed by atoms with Crippen LogP contribution < -0.4 is 10.6 Å². The lowest BCUT2D eigenvalue weighted by molar-refractivity contribution is 0.0942. The number of piperazine rings is 1. The molecule has 0 aliphatic carbocycles. The first-order chi connectivity index (χ1) is 10.8. The molecule has 1 aromatic heterocycles. The van der Waals surface area contributed by atoms with E-state index >= 15 is 0 Å². The van der Waals surface area contributed by atoms with Crippen molar-refractivity contribution in [1.82, 2.24) is 30.5 Å². The first-order valence-corrected chi connectivity index (χ1v) is 7.52. The summed E-state index contributed by atoms with van der Waals surface area (Å²) in [6.45, 7) is 5.57. The second-order valence-electron chi connectivity index (χ2n) is 5.20. The predicted octanol–water partition coefficient (Wildman–Crippen LogP) is -0.0977. The molecule has 0 bridgehead atoms. The molecule has 7 nitrogen and oxygen atoms in total. The summed E-state index contributed by atoms with van der Waals surface area (Å²) in [5.74, 6) is -0.183. The second-order valence-corrected chi connectivity index (χ2v) is 5.20. The van der Waals surface area contributed by atoms with Crippen molar-refractivity contribution < 1.29 is 4.79 Å². The molecule has 1 aromatic carbocycles. The third kappa shape index (κ3) is 3.69. The van der Waals surface area contributed by atoms with Gasteiger partial charge < -0.3 is 10.6 Å². The molecule has 0 radical (unpaired) electrons. The minimum atomic E-state index is -0.183. The molecule has 2 N–H and O–H groups in total. The lowest BCUT2D eigenvalue weighted by atomic mass is 10.3. The van der Waals surface area contributed by atoms with Crippen LogP contribution in [-0.4, -0.2) is 65.1 Å². The number of para-hydroxylation sites is 1. The molecular weight excluding hydrogens is 280 g/mol. The summed E-state index contributed by atoms with van der Waals surface area (Å²) in [7, 11) is 0. The summed E-state index contributed by atoms with van der Waals surface area (Å²) in [6.07, 6.45) is 1.49. The minimum Gasteiger partial charge on any atom is -0.349 e. The van der Waals surface area contributed by atoms with Crippen LogP contribution in [0.25, 0.3) is 5.69 Å². The van der Waals surface area contributed by atoms with Gasteiger partial charge in [-0.15, -0.1) is 5.10 Å². The summed E-state index contributed by atoms with van der Waals surface area (Å²) < 4.78 is 0. The third-order valence-corrected chi connectivity index (χ3v) is 3.63. The number of rotatable bonds is 5. The average molecular weight is 300 g/mol. The molecule has 1 amide bonds. The van der Waals surface area contributed by atoms with Gasteiger partial charge in [-0.05, 0) is 12.1 Å². The van der Waals surface area contributed by atoms with Gasteiger partial charge in [-0.3, -0.25) is 9.69 Å². The smallest absolute Gasteiger partial charge is 0.273 e. The van der Waals surface area contributed by atoms with Crippen molar-refractivity contribution in [3.8, 4) is 5.69 Å². The molecule has 2 heterocycles. The molecule has 1 aliphatic rings. The van der Waals surface area contributed by atoms with Gasteiger partial charge in [0.1, 0.15) is 0 Å². The first-order valence-electron chi connectivity index (χ1n) is 7.52. The molecule has 0 saturated carbocycles. The van der Waals surface area contributed by atoms with Gasteiger partial charge in [0.05, 0.1) is 11.9 Å². The fourth-order valence-corrected chi connectivity index (χ4v) is 2.41. The normalized spacial score (nSPS) is 15.6. The maximum absolute atomic E-state index is 12.1. The first kappa shape index (κ1) is 14.7. The highest BCUT2D eigenvalue weighted by Gasteiger charge is 2.13. The Hall–Kier alpha value is -2.25. The van der Waals surface area contributed by atoms with E-state index in [-0.39, 0.29) is 5.91 Å². The summed E-state index contributed by atoms with van der Waals surface area (Å²) in [5.41, 5.74) is 1.17. The zero-order valence-electron chi connectivity index (χ0n) is 12.4. The van der Waals surface area contributed by atoms with Crippen LogP contribution in [0.15, 0.2) is 36.5 Å². The number of carbonyl (C=O) groups excluding carboxylic acids is 1. The summed E-state index contributed by atoms with van der Waals surface area (Å²) in [5, 5.41) is 14.5. The van der Waals surface area contributed by atoms with E-state index in [9.17, 15) is 4.79 Å². The van der Waals surface area contributed by atoms with E-state index in [0.29, 0.717) is 12.2 Å². The van der Waals surface area contributed by atoms with Crippen molar-refractivity contribution in [3.63, 3.8) is 0 Å². The molecule has 1 aliphatic heterocycles. The van der Waals surface area contributed by atoms with Crippen molar-refractivity contribution in [1.29, 1.82) is 0 Å². The maximum atomic E-state index is 12.1. The van der Waals surface area contributed by atoms with Gasteiger partial charge in [0.15, 0.2) is 5.69 Å². The number of carbonyl (C=O) groups is 1. The van der Waals surface area contributed by atoms with E-state index in [1.165, 1.54) is 11.0 Å². The van der Waals surface area contributed by atoms with Gasteiger partial charge >= 0.3 is 0 Å². The predicted molar refractivity (Wildman–Crippen MR) is 83.0 cm³/mol. The second kappa shape index (κ2) is 7.15. The Labute approximate surface area is 129 Å². The van der Waals surface area contributed by atoms with Crippen LogP contribution in [0.5, 0.6) is 0 Å². The van der Waals surface area contributed by atoms with Gasteiger partial charge in [-0.25, -0.2) is 0 Å². The topological polar surface area (TPSA) is 75.1 Å². The van der Waals surface area contributed by atoms with Gasteiger partial charge in [-0.2, -0.15) is 9.90 Å². The van der Waals surface area contributed by atoms with Crippen LogP contribution in [0.4, 0.5) is 0 Å². The Morgan fingerprint density at radius 1 is 1.23 bits per heavy atom. The SMILES string of the molecule is O=C(NCCN1CCNCC1)c1cnn(-c2ccccc2)n1. The van der Waals surface area contributed by atoms with Gasteiger partial charge in [0.2, 0.25) is 0 Å². The number of amides is 1. The van der Waals surface area contributed by atoms with Crippen LogP contribution >= 0.6 is 0 Å². The fraction of sp³-hybridized carbons (Fsp3) is 0.400. The van der Waals surface area contributed by atoms with Gasteiger partial charge in [0.25, 0.3) is 5.91 Å². The molecule has 3 rings (SSSR count). The van der Waals surface area contributed by atoms with Crippen LogP contribution in [0.1, 0.15) is 10.5 Å². The Morgan fingerprint density at radius 3 is 2.77 bits per heavy atom. The van der Waals surface area contributed by atoms with E-state index in [1.54, 1.807) is 0 Å². The van der Waals surface area contributed by atoms with Gasteiger partial charge in [0, 0.05) is 39.3 Å². The number of hydrogen-bond donors (Lipinski definition) is 2. The summed E-state index contributed by atoms with van der Waals surface area (Å²) in [4.78, 5) is 15.9. The summed E-state index contributed by atoms with van der Waals surface area (Å²) >= 11 is 0. The molecule has 116 valence electrons. The molecule has 22 heavy (non-hydrogen) atoms. The Morgan fingerprint density at radius 2 is 2.00 bits per heavy atom. The third-order valence-electron chi connectivity index (χ3n) is 3.63. The number of hydrogen-bond acceptors (Lipinski definition) is 5. The highest BCUT2D eigenvalue weighted by molar-refractivity contribution is 5.91. The zero-order valence-corrected chi connectivity index (χ0v) is 12.4. The Kier molecular flexibility index (Phi) is 4.77. The highest BCUT2D eigenvalue weighted by atomic mass is 16.2. The fourth-order valence-electron chi connectivity index (χ4n) is 2.41. The molecule has 0 atom stereocenters. The van der Waals surface area contributed by atoms with Crippen LogP contribution in [0.3, 0.4) is 0 Å². The zero-order chi connectivity index (χ0) is 15.2. The van der Waals surface area contributed by atoms with Crippen LogP contribution in [0, 0.1) is 0 Å². The molecule has 7 heteroatoms. The molecule has 2 aromatic rings. The molecule has 0 unspecified atom stereocenters. The van der Waals surface area contributed by atoms with Crippen molar-refractivity contribution in [3.05, 3.63) is 42.2 Å². The molecule has 0 spiro atoms. The number of nitrogens with zero attached hydrogens (tertiary/aromatic N) is 4. The van der Waals surface area contributed by atoms with E-state index in [0.717, 1.165) is 38.4 Å². The largest absolute Gasteiger partial charge is 0.349 e. The van der Waals surface area contributed by atoms with E-state index in [4.69, 9.17) is 0 Å². The maximum Gasteiger partial charge on any atom is 0.273 e. The summed E-state index contributed by atoms with van der Waals surface area (Å²) in [6, 6.07) is 9.53. The molecule has 1 fully saturated rings. The monoisotopic (exact) mass is 300 g/mol. The number of aromatic nitrogens is 3. The van der Waals surface area contributed by atoms with E-state index < -0.39 is 0 Å². The van der Waals surface area contributed by atoms with Crippen molar-refractivity contribution in [2.75, 3.05) is 39.3 Å². The van der Waals surface area contributed by atoms with Crippen LogP contribution in [0.2, 0.25) is 0 Å². The van der Waals surface area contributed by atoms with Crippen molar-refractivity contribution >= 4 is 5.91 Å². The quantitative estimate of drug-likeness (QED) is 0.807. The lowest BCUT2D eigenvalue weighted by Gasteiger charge is -2.26. The average Bonchev–Trinajstić information content (AvgIpc) is 3.07. The lowest BCUT2D eigenvalue weighted by Crippen LogP contribution is -2.46. The van der Waals surface area contributed by atoms with E-state index in [1.807, 2.05) is 30.3 Å². The van der Waals surface area contributed by atoms with Gasteiger partial charge in [-0.1, -0.05) is 18.2 Å². The molecular formula is C15H20N6O. The highest BCUT2D eigenvalue weighted by Crippen LogP contribution is 2.04. The Balaban J connectivity index is 1.51. The van der Waals surface area contributed by atoms with Crippen molar-refractivity contribution in [2.45, 2.75) is 0 Å². The molecule has 1 saturated heterocycles. The van der Waals surface area contributed by atoms with Crippen LogP contribution in [-0.2, 0) is 0 Å². The van der Waals surface area contributed by atoms with Crippen molar-refractivity contribution in [2.24, 2.45) is 0 Å². The number of benzene rings is 1. The Bertz CT molecular complexity index is 606.